The van der Waals surface area contributed by atoms with Gasteiger partial charge in [-0.2, -0.15) is 5.26 Å². The number of ether oxygens (including phenoxy) is 2. The molecule has 1 amide bonds. The third-order valence-corrected chi connectivity index (χ3v) is 12.2. The van der Waals surface area contributed by atoms with Crippen LogP contribution in [0, 0.1) is 11.3 Å². The zero-order chi connectivity index (χ0) is 33.5. The molecule has 0 aromatic carbocycles. The summed E-state index contributed by atoms with van der Waals surface area (Å²) in [5.74, 6) is 1.28. The Kier molecular flexibility index (Phi) is 8.95. The molecule has 7 nitrogen and oxygen atoms in total. The summed E-state index contributed by atoms with van der Waals surface area (Å²) in [5.41, 5.74) is 2.93. The predicted octanol–water partition coefficient (Wildman–Crippen LogP) is -8.73. The Morgan fingerprint density at radius 2 is 1.61 bits per heavy atom. The van der Waals surface area contributed by atoms with Gasteiger partial charge in [0.25, 0.3) is 0 Å². The monoisotopic (exact) mass is 584 g/mol. The van der Waals surface area contributed by atoms with Crippen LogP contribution in [0.5, 0.6) is 0 Å². The van der Waals surface area contributed by atoms with E-state index >= 15 is 0 Å². The van der Waals surface area contributed by atoms with Crippen molar-refractivity contribution in [1.82, 2.24) is 9.88 Å². The van der Waals surface area contributed by atoms with Crippen molar-refractivity contribution in [1.29, 1.82) is 5.26 Å². The second-order valence-corrected chi connectivity index (χ2v) is 17.9. The number of pyridine rings is 1. The Labute approximate surface area is 277 Å². The van der Waals surface area contributed by atoms with E-state index in [2.05, 4.69) is 124 Å². The van der Waals surface area contributed by atoms with Crippen LogP contribution in [-0.4, -0.2) is 152 Å². The van der Waals surface area contributed by atoms with Crippen molar-refractivity contribution in [2.24, 2.45) is 0 Å². The smallest absolute Gasteiger partial charge is 0.223 e. The number of rotatable bonds is 8. The number of carbonyl (C=O) groups is 1. The number of anilines is 1. The summed E-state index contributed by atoms with van der Waals surface area (Å²) in [6.45, 7) is 5.65. The third kappa shape index (κ3) is 5.30. The molecule has 222 valence electrons. The lowest BCUT2D eigenvalue weighted by molar-refractivity contribution is -0.141. The Bertz CT molecular complexity index is 1360. The lowest BCUT2D eigenvalue weighted by Crippen LogP contribution is -2.89. The van der Waals surface area contributed by atoms with Gasteiger partial charge in [-0.1, -0.05) is 5.31 Å². The number of methoxy groups -OCH3 is 1. The van der Waals surface area contributed by atoms with Crippen LogP contribution in [0.3, 0.4) is 0 Å². The maximum absolute atomic E-state index is 14.5. The maximum atomic E-state index is 14.5. The summed E-state index contributed by atoms with van der Waals surface area (Å²) in [4.78, 5) is 24.6. The number of hydrogen-bond donors (Lipinski definition) is 0. The van der Waals surface area contributed by atoms with Crippen molar-refractivity contribution >= 4 is 106 Å². The standard InChI is InChI=1S/C25H48B12N4O3/c1-19(2)8-13-14(9-38)18(39-17(12-4-5-12)15(13)10-44-19)40-11-20(26,27)41(16(42)6-7-43-3)22(29,25(40,36)37)21(28,23(30,31)32)24(33,34)35/h12H,4-8,10-11,26-37H2,1-3H3. The number of hydrogen-bond acceptors (Lipinski definition) is 6. The summed E-state index contributed by atoms with van der Waals surface area (Å²) < 4.78 is 11.7. The zero-order valence-electron chi connectivity index (χ0n) is 30.5. The van der Waals surface area contributed by atoms with E-state index < -0.39 is 21.4 Å². The predicted molar refractivity (Wildman–Crippen MR) is 213 cm³/mol. The molecule has 3 heterocycles. The van der Waals surface area contributed by atoms with Crippen molar-refractivity contribution in [2.75, 3.05) is 25.2 Å². The first-order chi connectivity index (χ1) is 19.9. The van der Waals surface area contributed by atoms with Crippen LogP contribution in [0.4, 0.5) is 5.82 Å². The van der Waals surface area contributed by atoms with Gasteiger partial charge in [0.2, 0.25) is 5.91 Å². The molecule has 3 aliphatic rings. The summed E-state index contributed by atoms with van der Waals surface area (Å²) in [6, 6.07) is 2.64. The molecule has 1 unspecified atom stereocenters. The van der Waals surface area contributed by atoms with Crippen LogP contribution in [0.2, 0.25) is 15.5 Å². The average molecular weight is 582 g/mol. The Morgan fingerprint density at radius 3 is 2.09 bits per heavy atom. The van der Waals surface area contributed by atoms with E-state index in [1.807, 2.05) is 0 Å². The Balaban J connectivity index is 2.09. The van der Waals surface area contributed by atoms with Crippen LogP contribution in [0.25, 0.3) is 0 Å². The molecule has 44 heavy (non-hydrogen) atoms. The summed E-state index contributed by atoms with van der Waals surface area (Å²) >= 11 is 0. The number of carbonyl (C=O) groups excluding carboxylic acids is 1. The number of aromatic nitrogens is 1. The van der Waals surface area contributed by atoms with Gasteiger partial charge in [0.15, 0.2) is 0 Å². The molecule has 2 aliphatic heterocycles. The van der Waals surface area contributed by atoms with Crippen LogP contribution < -0.4 is 4.90 Å². The van der Waals surface area contributed by atoms with Gasteiger partial charge < -0.3 is 19.3 Å². The molecule has 1 saturated heterocycles. The molecule has 1 atom stereocenters. The molecular formula is C25H48B12N4O3. The molecule has 2 fully saturated rings. The second-order valence-electron chi connectivity index (χ2n) is 17.9. The van der Waals surface area contributed by atoms with Gasteiger partial charge in [-0.25, -0.2) is 4.98 Å². The van der Waals surface area contributed by atoms with Gasteiger partial charge in [-0.05, 0) is 42.9 Å². The van der Waals surface area contributed by atoms with E-state index in [1.165, 1.54) is 0 Å². The van der Waals surface area contributed by atoms with E-state index in [4.69, 9.17) is 14.5 Å². The number of piperazine rings is 1. The topological polar surface area (TPSA) is 78.7 Å². The lowest BCUT2D eigenvalue weighted by Gasteiger charge is -2.78. The summed E-state index contributed by atoms with van der Waals surface area (Å²) in [5, 5.41) is 8.89. The normalized spacial score (nSPS) is 24.7. The molecule has 1 saturated carbocycles. The van der Waals surface area contributed by atoms with Crippen molar-refractivity contribution < 1.29 is 14.3 Å². The molecule has 0 spiro atoms. The molecule has 19 heteroatoms. The highest BCUT2D eigenvalue weighted by Gasteiger charge is 2.69. The lowest BCUT2D eigenvalue weighted by atomic mass is 9.08. The van der Waals surface area contributed by atoms with Crippen molar-refractivity contribution in [3.8, 4) is 6.07 Å². The first-order valence-corrected chi connectivity index (χ1v) is 16.6. The highest BCUT2D eigenvalue weighted by molar-refractivity contribution is 6.71. The molecule has 4 rings (SSSR count). The maximum Gasteiger partial charge on any atom is 0.223 e. The van der Waals surface area contributed by atoms with Gasteiger partial charge in [-0.15, -0.1) is 10.2 Å². The van der Waals surface area contributed by atoms with E-state index in [1.54, 1.807) is 7.11 Å². The molecular weight excluding hydrogens is 534 g/mol. The molecule has 0 bridgehead atoms. The fraction of sp³-hybridized carbons (Fsp3) is 0.720. The highest BCUT2D eigenvalue weighted by atomic mass is 16.5. The summed E-state index contributed by atoms with van der Waals surface area (Å²) in [6.07, 6.45) is 3.24. The minimum atomic E-state index is -0.699. The SMILES string of the molecule is BC1(B)CN(c2nc(C3CC3)c3c(c2C#N)CC(C)(C)OC3)C(B)(B)C(B)(C(B)(C(B)(B)B)C(B)(B)B)N1C(=O)CCOC. The van der Waals surface area contributed by atoms with E-state index in [9.17, 15) is 10.1 Å². The highest BCUT2D eigenvalue weighted by Crippen LogP contribution is 2.67. The third-order valence-electron chi connectivity index (χ3n) is 12.2. The van der Waals surface area contributed by atoms with Crippen LogP contribution in [0.15, 0.2) is 0 Å². The number of nitrogens with zero attached hydrogens (tertiary/aromatic N) is 4. The average Bonchev–Trinajstić information content (AvgIpc) is 3.71. The first-order valence-electron chi connectivity index (χ1n) is 16.6. The minimum Gasteiger partial charge on any atom is -0.384 e. The minimum absolute atomic E-state index is 0.100. The molecule has 1 aliphatic carbocycles. The van der Waals surface area contributed by atoms with Gasteiger partial charge in [0.05, 0.1) is 83.6 Å². The second kappa shape index (κ2) is 11.1. The molecule has 0 radical (unpaired) electrons. The van der Waals surface area contributed by atoms with Gasteiger partial charge in [0.1, 0.15) is 59.0 Å². The quantitative estimate of drug-likeness (QED) is 0.284. The van der Waals surface area contributed by atoms with Crippen LogP contribution in [-0.2, 0) is 27.3 Å². The first kappa shape index (κ1) is 35.5. The van der Waals surface area contributed by atoms with E-state index in [-0.39, 0.29) is 21.7 Å². The van der Waals surface area contributed by atoms with Gasteiger partial charge in [0, 0.05) is 37.0 Å². The molecule has 1 aromatic rings. The summed E-state index contributed by atoms with van der Waals surface area (Å²) in [7, 11) is 29.2. The van der Waals surface area contributed by atoms with E-state index in [0.29, 0.717) is 44.1 Å². The number of fused-ring (bicyclic) bond motifs is 1. The fourth-order valence-electron chi connectivity index (χ4n) is 9.23. The fourth-order valence-corrected chi connectivity index (χ4v) is 9.23. The Hall–Kier alpha value is -1.39. The number of nitriles is 1. The zero-order valence-corrected chi connectivity index (χ0v) is 30.5. The molecule has 1 aromatic heterocycles. The Morgan fingerprint density at radius 1 is 1.05 bits per heavy atom. The van der Waals surface area contributed by atoms with Crippen molar-refractivity contribution in [3.05, 3.63) is 22.4 Å². The van der Waals surface area contributed by atoms with Crippen molar-refractivity contribution in [2.45, 2.75) is 89.3 Å². The van der Waals surface area contributed by atoms with Crippen LogP contribution in [0.1, 0.15) is 61.4 Å². The number of amides is 1. The largest absolute Gasteiger partial charge is 0.384 e. The van der Waals surface area contributed by atoms with Gasteiger partial charge in [-0.3, -0.25) is 4.79 Å². The van der Waals surface area contributed by atoms with Crippen LogP contribution >= 0.6 is 0 Å². The van der Waals surface area contributed by atoms with Gasteiger partial charge >= 0.3 is 0 Å². The van der Waals surface area contributed by atoms with Crippen molar-refractivity contribution in [3.63, 3.8) is 0 Å². The van der Waals surface area contributed by atoms with E-state index in [0.717, 1.165) is 35.5 Å². The molecule has 0 N–H and O–H groups in total.